The van der Waals surface area contributed by atoms with Gasteiger partial charge in [-0.25, -0.2) is 0 Å². The Labute approximate surface area is 382 Å². The van der Waals surface area contributed by atoms with Gasteiger partial charge in [-0.1, -0.05) is 71.0 Å². The topological polar surface area (TPSA) is 0 Å². The van der Waals surface area contributed by atoms with Crippen molar-refractivity contribution >= 4 is 352 Å². The third-order valence-corrected chi connectivity index (χ3v) is 11.5. The second kappa shape index (κ2) is 15.3. The Balaban J connectivity index is 2.02. The van der Waals surface area contributed by atoms with E-state index in [9.17, 15) is 0 Å². The largest absolute Gasteiger partial charge is 0.115 e. The molecule has 0 saturated heterocycles. The van der Waals surface area contributed by atoms with Crippen LogP contribution >= 0.6 is 0 Å². The summed E-state index contributed by atoms with van der Waals surface area (Å²) in [6, 6.07) is 0. The molecule has 0 unspecified atom stereocenters. The zero-order valence-corrected chi connectivity index (χ0v) is 31.9. The van der Waals surface area contributed by atoms with E-state index in [1.54, 1.807) is 0 Å². The first-order valence-electron chi connectivity index (χ1n) is 17.4. The molecule has 216 valence electrons. The van der Waals surface area contributed by atoms with Crippen LogP contribution in [0.2, 0.25) is 0 Å². The van der Waals surface area contributed by atoms with Gasteiger partial charge in [-0.05, 0) is 65.7 Å². The molecule has 0 nitrogen and oxygen atoms in total. The Morgan fingerprint density at radius 1 is 0.100 bits per heavy atom. The zero-order chi connectivity index (χ0) is 44.8. The highest BCUT2D eigenvalue weighted by Crippen LogP contribution is 2.42. The zero-order valence-electron chi connectivity index (χ0n) is 31.9. The average Bonchev–Trinajstić information content (AvgIpc) is 3.21. The highest BCUT2D eigenvalue weighted by molar-refractivity contribution is 6.76. The van der Waals surface area contributed by atoms with Gasteiger partial charge in [0.1, 0.15) is 188 Å². The van der Waals surface area contributed by atoms with Gasteiger partial charge in [-0.3, -0.25) is 0 Å². The van der Waals surface area contributed by atoms with Crippen molar-refractivity contribution in [1.29, 1.82) is 0 Å². The minimum absolute atomic E-state index is 0.00119. The fourth-order valence-electron chi connectivity index (χ4n) is 8.11. The molecule has 7 aromatic rings. The average molecular weight is 692 g/mol. The third kappa shape index (κ3) is 5.86. The van der Waals surface area contributed by atoms with Crippen molar-refractivity contribution in [2.45, 2.75) is 0 Å². The van der Waals surface area contributed by atoms with Gasteiger partial charge in [0.05, 0.1) is 0 Å². The maximum absolute atomic E-state index is 7.07. The first-order chi connectivity index (χ1) is 27.9. The summed E-state index contributed by atoms with van der Waals surface area (Å²) in [5, 5.41) is 0.117. The molecule has 0 N–H and O–H groups in total. The lowest BCUT2D eigenvalue weighted by Gasteiger charge is -2.34. The lowest BCUT2D eigenvalue weighted by Crippen LogP contribution is -2.56. The molecular weight excluding hydrogens is 692 g/mol. The van der Waals surface area contributed by atoms with Crippen LogP contribution in [-0.2, 0) is 0 Å². The Bertz CT molecular complexity index is 3130. The molecule has 48 radical (unpaired) electrons. The summed E-state index contributed by atoms with van der Waals surface area (Å²) < 4.78 is 0. The number of hydrogen-bond acceptors (Lipinski definition) is 0. The van der Waals surface area contributed by atoms with E-state index in [2.05, 4.69) is 0 Å². The molecule has 0 saturated carbocycles. The van der Waals surface area contributed by atoms with E-state index >= 15 is 0 Å². The van der Waals surface area contributed by atoms with Crippen LogP contribution in [0.25, 0.3) is 65.7 Å². The Kier molecular flexibility index (Phi) is 11.5. The van der Waals surface area contributed by atoms with Crippen LogP contribution in [0.1, 0.15) is 0 Å². The second-order valence-electron chi connectivity index (χ2n) is 14.4. The van der Waals surface area contributed by atoms with Gasteiger partial charge in [-0.2, -0.15) is 0 Å². The summed E-state index contributed by atoms with van der Waals surface area (Å²) in [6.45, 7) is 0. The summed E-state index contributed by atoms with van der Waals surface area (Å²) in [6.07, 6.45) is 0. The fourth-order valence-corrected chi connectivity index (χ4v) is 8.11. The molecule has 24 heteroatoms. The van der Waals surface area contributed by atoms with Gasteiger partial charge in [0.2, 0.25) is 0 Å². The van der Waals surface area contributed by atoms with Gasteiger partial charge in [-0.15, -0.1) is 60.1 Å². The van der Waals surface area contributed by atoms with Crippen LogP contribution in [-0.4, -0.2) is 188 Å². The van der Waals surface area contributed by atoms with Crippen LogP contribution in [0.15, 0.2) is 0 Å². The minimum Gasteiger partial charge on any atom is -0.112 e. The molecular formula is C36B24. The van der Waals surface area contributed by atoms with Crippen molar-refractivity contribution in [3.05, 3.63) is 0 Å². The van der Waals surface area contributed by atoms with E-state index in [1.807, 2.05) is 0 Å². The highest BCUT2D eigenvalue weighted by atomic mass is 14.3. The molecule has 0 heterocycles. The molecule has 7 rings (SSSR count). The summed E-state index contributed by atoms with van der Waals surface area (Å²) in [7, 11) is 160. The monoisotopic (exact) mass is 696 g/mol. The predicted octanol–water partition coefficient (Wildman–Crippen LogP) is -18.8. The van der Waals surface area contributed by atoms with Crippen molar-refractivity contribution in [2.24, 2.45) is 0 Å². The second-order valence-corrected chi connectivity index (χ2v) is 14.4. The Morgan fingerprint density at radius 2 is 0.267 bits per heavy atom. The quantitative estimate of drug-likeness (QED) is 0.128. The third-order valence-electron chi connectivity index (χ3n) is 11.5. The Hall–Kier alpha value is -3.12. The van der Waals surface area contributed by atoms with Gasteiger partial charge < -0.3 is 0 Å². The van der Waals surface area contributed by atoms with Crippen LogP contribution in [0.3, 0.4) is 0 Å². The molecule has 0 bridgehead atoms. The van der Waals surface area contributed by atoms with E-state index in [4.69, 9.17) is 188 Å². The highest BCUT2D eigenvalue weighted by Gasteiger charge is 2.31. The van der Waals surface area contributed by atoms with Crippen molar-refractivity contribution in [2.75, 3.05) is 0 Å². The van der Waals surface area contributed by atoms with Crippen molar-refractivity contribution in [3.8, 4) is 33.4 Å². The molecule has 60 heavy (non-hydrogen) atoms. The minimum atomic E-state index is -0.230. The summed E-state index contributed by atoms with van der Waals surface area (Å²) in [5.74, 6) is 0. The number of fused-ring (bicyclic) bond motifs is 3. The molecule has 0 aromatic heterocycles. The van der Waals surface area contributed by atoms with E-state index < -0.39 is 0 Å². The van der Waals surface area contributed by atoms with Crippen molar-refractivity contribution in [1.82, 2.24) is 0 Å². The van der Waals surface area contributed by atoms with Crippen molar-refractivity contribution in [3.63, 3.8) is 0 Å². The SMILES string of the molecule is [B]c1c([B])c([B])c(-c2c3c([B])c([B])c([B])c([B])c3c(-c3c([B])c([B])c([B])c([B])c3[B])c3c(-c4c([B])c([B])c5c([B])c([B])c([B])c([B])c5c4[B])c([B])c([B])c([B])c23)c([B])c1[B]. The van der Waals surface area contributed by atoms with Gasteiger partial charge in [0.15, 0.2) is 0 Å². The lowest BCUT2D eigenvalue weighted by molar-refractivity contribution is 1.82. The van der Waals surface area contributed by atoms with Crippen LogP contribution < -0.4 is 131 Å². The van der Waals surface area contributed by atoms with Crippen LogP contribution in [0.4, 0.5) is 0 Å². The molecule has 0 fully saturated rings. The van der Waals surface area contributed by atoms with E-state index in [-0.39, 0.29) is 197 Å². The molecule has 0 atom stereocenters. The molecule has 0 amide bonds. The molecule has 7 aromatic carbocycles. The van der Waals surface area contributed by atoms with E-state index in [0.29, 0.717) is 0 Å². The number of rotatable bonds is 3. The summed E-state index contributed by atoms with van der Waals surface area (Å²) >= 11 is 0. The van der Waals surface area contributed by atoms with Gasteiger partial charge >= 0.3 is 0 Å². The molecule has 0 aliphatic carbocycles. The maximum Gasteiger partial charge on any atom is 0.115 e. The lowest BCUT2D eigenvalue weighted by atomic mass is 9.54. The number of hydrogen-bond donors (Lipinski definition) is 0. The molecule has 0 aliphatic heterocycles. The first kappa shape index (κ1) is 44.9. The molecule has 0 aliphatic rings. The predicted molar refractivity (Wildman–Crippen MR) is 285 cm³/mol. The van der Waals surface area contributed by atoms with Gasteiger partial charge in [0.25, 0.3) is 0 Å². The normalized spacial score (nSPS) is 11.6. The summed E-state index contributed by atoms with van der Waals surface area (Å²) in [5.41, 5.74) is -4.08. The van der Waals surface area contributed by atoms with E-state index in [0.717, 1.165) is 0 Å². The van der Waals surface area contributed by atoms with Crippen LogP contribution in [0, 0.1) is 0 Å². The molecule has 0 spiro atoms. The standard InChI is InChI=1S/C36B24/c37-13-10(18(42)19(43)12-11(13)24(48)29(53)30(54)25(12)49)7-1-2(8-20(44)31(55)35(59)32(56)21(8)45)5-6(16(40)28(52)27(51)15(5)39)3(4(1)14(38)26(50)17(7)41)9-22(46)33(57)36(60)34(58)23(9)47. The van der Waals surface area contributed by atoms with Gasteiger partial charge in [0, 0.05) is 0 Å². The van der Waals surface area contributed by atoms with Crippen LogP contribution in [0.5, 0.6) is 0 Å². The number of benzene rings is 7. The van der Waals surface area contributed by atoms with E-state index in [1.165, 1.54) is 0 Å². The van der Waals surface area contributed by atoms with Crippen molar-refractivity contribution < 1.29 is 0 Å². The smallest absolute Gasteiger partial charge is 0.112 e. The first-order valence-corrected chi connectivity index (χ1v) is 17.4. The maximum atomic E-state index is 7.07. The fraction of sp³-hybridized carbons (Fsp3) is 0. The Morgan fingerprint density at radius 3 is 0.617 bits per heavy atom. The summed E-state index contributed by atoms with van der Waals surface area (Å²) in [4.78, 5) is 0.